The molecule has 1 aliphatic carbocycles. The zero-order chi connectivity index (χ0) is 32.4. The summed E-state index contributed by atoms with van der Waals surface area (Å²) in [7, 11) is 0. The number of aromatic nitrogens is 1. The lowest BCUT2D eigenvalue weighted by atomic mass is 9.85. The van der Waals surface area contributed by atoms with Crippen molar-refractivity contribution in [2.75, 3.05) is 11.4 Å². The molecule has 1 aromatic carbocycles. The number of anilines is 1. The van der Waals surface area contributed by atoms with Crippen LogP contribution in [0.3, 0.4) is 0 Å². The summed E-state index contributed by atoms with van der Waals surface area (Å²) < 4.78 is 48.2. The Morgan fingerprint density at radius 1 is 0.977 bits per heavy atom. The van der Waals surface area contributed by atoms with Crippen LogP contribution in [0, 0.1) is 5.92 Å². The van der Waals surface area contributed by atoms with Gasteiger partial charge in [0.1, 0.15) is 23.6 Å². The molecular formula is C33H43F3N4O4. The van der Waals surface area contributed by atoms with E-state index in [2.05, 4.69) is 10.3 Å². The predicted molar refractivity (Wildman–Crippen MR) is 161 cm³/mol. The third kappa shape index (κ3) is 7.71. The first-order valence-electron chi connectivity index (χ1n) is 15.2. The van der Waals surface area contributed by atoms with E-state index in [9.17, 15) is 27.6 Å². The number of pyridine rings is 1. The molecule has 1 aromatic heterocycles. The lowest BCUT2D eigenvalue weighted by Crippen LogP contribution is -2.69. The van der Waals surface area contributed by atoms with Crippen LogP contribution in [0.1, 0.15) is 90.8 Å². The van der Waals surface area contributed by atoms with Crippen LogP contribution < -0.4 is 10.2 Å². The van der Waals surface area contributed by atoms with Crippen molar-refractivity contribution in [3.8, 4) is 0 Å². The van der Waals surface area contributed by atoms with Crippen molar-refractivity contribution in [3.63, 3.8) is 0 Å². The molecule has 3 unspecified atom stereocenters. The van der Waals surface area contributed by atoms with Gasteiger partial charge < -0.3 is 10.1 Å². The molecule has 1 saturated carbocycles. The number of benzene rings is 1. The first-order chi connectivity index (χ1) is 20.5. The first-order valence-corrected chi connectivity index (χ1v) is 15.2. The summed E-state index contributed by atoms with van der Waals surface area (Å²) in [5, 5.41) is 3.05. The van der Waals surface area contributed by atoms with Crippen LogP contribution in [0.2, 0.25) is 0 Å². The van der Waals surface area contributed by atoms with E-state index in [0.29, 0.717) is 5.56 Å². The molecular weight excluding hydrogens is 573 g/mol. The highest BCUT2D eigenvalue weighted by Crippen LogP contribution is 2.42. The summed E-state index contributed by atoms with van der Waals surface area (Å²) >= 11 is 0. The zero-order valence-corrected chi connectivity index (χ0v) is 26.3. The molecule has 0 radical (unpaired) electrons. The van der Waals surface area contributed by atoms with Crippen molar-refractivity contribution in [2.45, 2.75) is 109 Å². The quantitative estimate of drug-likeness (QED) is 0.390. The highest BCUT2D eigenvalue weighted by Gasteiger charge is 2.61. The third-order valence-corrected chi connectivity index (χ3v) is 8.12. The van der Waals surface area contributed by atoms with Gasteiger partial charge in [-0.2, -0.15) is 13.2 Å². The Kier molecular flexibility index (Phi) is 9.66. The Morgan fingerprint density at radius 2 is 1.61 bits per heavy atom. The summed E-state index contributed by atoms with van der Waals surface area (Å²) in [6.07, 6.45) is 1.64. The average Bonchev–Trinajstić information content (AvgIpc) is 2.89. The molecule has 1 N–H and O–H groups in total. The number of likely N-dealkylation sites (tertiary alicyclic amines) is 1. The monoisotopic (exact) mass is 616 g/mol. The van der Waals surface area contributed by atoms with E-state index >= 15 is 0 Å². The second kappa shape index (κ2) is 12.8. The molecule has 8 nitrogen and oxygen atoms in total. The largest absolute Gasteiger partial charge is 0.444 e. The molecule has 2 heterocycles. The number of rotatable bonds is 6. The number of alkyl halides is 3. The van der Waals surface area contributed by atoms with Crippen molar-refractivity contribution < 1.29 is 32.3 Å². The molecule has 3 atom stereocenters. The fourth-order valence-electron chi connectivity index (χ4n) is 5.75. The number of nitrogens with one attached hydrogen (secondary N) is 1. The lowest BCUT2D eigenvalue weighted by molar-refractivity contribution is -0.224. The van der Waals surface area contributed by atoms with Gasteiger partial charge in [-0.1, -0.05) is 58.2 Å². The zero-order valence-electron chi connectivity index (χ0n) is 26.3. The standard InChI is InChI=1S/C33H43F3N4O4/c1-31(2,3)22-14-16-24(17-15-22)40(26(21-11-10-18-37-19-21)28(41)38-23-12-8-7-9-13-23)29(42)27-25(33(34,35)36)20-39(27)30(43)44-32(4,5)6/h10-11,14-19,23,25-27H,7-9,12-13,20H2,1-6H3,(H,38,41). The van der Waals surface area contributed by atoms with Crippen LogP contribution >= 0.6 is 0 Å². The van der Waals surface area contributed by atoms with E-state index in [-0.39, 0.29) is 17.1 Å². The fraction of sp³-hybridized carbons (Fsp3) is 0.576. The number of hydrogen-bond donors (Lipinski definition) is 1. The number of hydrogen-bond acceptors (Lipinski definition) is 5. The Bertz CT molecular complexity index is 1310. The van der Waals surface area contributed by atoms with E-state index in [1.165, 1.54) is 12.4 Å². The van der Waals surface area contributed by atoms with Crippen molar-refractivity contribution >= 4 is 23.6 Å². The molecule has 2 aliphatic rings. The minimum Gasteiger partial charge on any atom is -0.444 e. The normalized spacial score (nSPS) is 20.3. The van der Waals surface area contributed by atoms with Crippen molar-refractivity contribution in [2.24, 2.45) is 5.92 Å². The summed E-state index contributed by atoms with van der Waals surface area (Å²) in [6, 6.07) is 6.70. The Labute approximate surface area is 257 Å². The molecule has 2 fully saturated rings. The van der Waals surface area contributed by atoms with Gasteiger partial charge in [0.2, 0.25) is 5.91 Å². The van der Waals surface area contributed by atoms with E-state index < -0.39 is 54.2 Å². The van der Waals surface area contributed by atoms with Crippen LogP contribution in [-0.2, 0) is 19.7 Å². The first kappa shape index (κ1) is 33.3. The maximum absolute atomic E-state index is 14.5. The van der Waals surface area contributed by atoms with E-state index in [1.54, 1.807) is 57.2 Å². The van der Waals surface area contributed by atoms with E-state index in [0.717, 1.165) is 47.5 Å². The number of halogens is 3. The summed E-state index contributed by atoms with van der Waals surface area (Å²) in [5.41, 5.74) is 0.269. The van der Waals surface area contributed by atoms with Crippen LogP contribution in [-0.4, -0.2) is 58.2 Å². The molecule has 240 valence electrons. The van der Waals surface area contributed by atoms with Gasteiger partial charge in [0, 0.05) is 36.2 Å². The highest BCUT2D eigenvalue weighted by atomic mass is 19.4. The highest BCUT2D eigenvalue weighted by molar-refractivity contribution is 6.05. The smallest absolute Gasteiger partial charge is 0.411 e. The third-order valence-electron chi connectivity index (χ3n) is 8.12. The SMILES string of the molecule is CC(C)(C)OC(=O)N1CC(C(F)(F)F)C1C(=O)N(c1ccc(C(C)(C)C)cc1)C(C(=O)NC1CCCCC1)c1cccnc1. The Morgan fingerprint density at radius 3 is 2.14 bits per heavy atom. The van der Waals surface area contributed by atoms with Gasteiger partial charge in [-0.05, 0) is 62.8 Å². The lowest BCUT2D eigenvalue weighted by Gasteiger charge is -2.49. The van der Waals surface area contributed by atoms with Gasteiger partial charge in [-0.15, -0.1) is 0 Å². The molecule has 2 aromatic rings. The minimum atomic E-state index is -4.77. The maximum Gasteiger partial charge on any atom is 0.411 e. The van der Waals surface area contributed by atoms with Gasteiger partial charge in [-0.25, -0.2) is 4.79 Å². The number of nitrogens with zero attached hydrogens (tertiary/aromatic N) is 3. The Hall–Kier alpha value is -3.63. The molecule has 4 rings (SSSR count). The number of carbonyl (C=O) groups excluding carboxylic acids is 3. The number of amides is 3. The van der Waals surface area contributed by atoms with Gasteiger partial charge in [0.15, 0.2) is 0 Å². The summed E-state index contributed by atoms with van der Waals surface area (Å²) in [5.74, 6) is -3.68. The van der Waals surface area contributed by atoms with Crippen LogP contribution in [0.5, 0.6) is 0 Å². The van der Waals surface area contributed by atoms with Gasteiger partial charge >= 0.3 is 12.3 Å². The molecule has 0 spiro atoms. The summed E-state index contributed by atoms with van der Waals surface area (Å²) in [6.45, 7) is 10.1. The van der Waals surface area contributed by atoms with E-state index in [1.807, 2.05) is 20.8 Å². The average molecular weight is 617 g/mol. The maximum atomic E-state index is 14.5. The van der Waals surface area contributed by atoms with Crippen LogP contribution in [0.25, 0.3) is 0 Å². The molecule has 3 amide bonds. The predicted octanol–water partition coefficient (Wildman–Crippen LogP) is 6.70. The topological polar surface area (TPSA) is 91.8 Å². The summed E-state index contributed by atoms with van der Waals surface area (Å²) in [4.78, 5) is 47.8. The van der Waals surface area contributed by atoms with Gasteiger partial charge in [0.25, 0.3) is 5.91 Å². The minimum absolute atomic E-state index is 0.125. The Balaban J connectivity index is 1.83. The molecule has 44 heavy (non-hydrogen) atoms. The number of ether oxygens (including phenoxy) is 1. The molecule has 1 saturated heterocycles. The van der Waals surface area contributed by atoms with Crippen molar-refractivity contribution in [1.82, 2.24) is 15.2 Å². The van der Waals surface area contributed by atoms with Crippen molar-refractivity contribution in [1.29, 1.82) is 0 Å². The van der Waals surface area contributed by atoms with Crippen LogP contribution in [0.15, 0.2) is 48.8 Å². The van der Waals surface area contributed by atoms with Gasteiger partial charge in [0.05, 0.1) is 0 Å². The molecule has 0 bridgehead atoms. The molecule has 11 heteroatoms. The fourth-order valence-corrected chi connectivity index (χ4v) is 5.75. The van der Waals surface area contributed by atoms with Gasteiger partial charge in [-0.3, -0.25) is 24.4 Å². The van der Waals surface area contributed by atoms with Crippen LogP contribution in [0.4, 0.5) is 23.7 Å². The second-order valence-electron chi connectivity index (χ2n) is 13.8. The number of carbonyl (C=O) groups is 3. The molecule has 1 aliphatic heterocycles. The van der Waals surface area contributed by atoms with Crippen molar-refractivity contribution in [3.05, 3.63) is 59.9 Å². The second-order valence-corrected chi connectivity index (χ2v) is 13.8. The van der Waals surface area contributed by atoms with E-state index in [4.69, 9.17) is 4.74 Å².